The molecule has 0 amide bonds. The van der Waals surface area contributed by atoms with E-state index >= 15 is 0 Å². The fourth-order valence-electron chi connectivity index (χ4n) is 2.57. The zero-order chi connectivity index (χ0) is 17.3. The Labute approximate surface area is 138 Å². The molecule has 0 spiro atoms. The Hall–Kier alpha value is -3.13. The van der Waals surface area contributed by atoms with E-state index in [1.54, 1.807) is 12.1 Å². The molecule has 1 N–H and O–H groups in total. The molecule has 0 saturated carbocycles. The number of halogens is 1. The van der Waals surface area contributed by atoms with E-state index in [0.29, 0.717) is 11.1 Å². The highest BCUT2D eigenvalue weighted by Crippen LogP contribution is 2.23. The number of aromatic nitrogens is 1. The summed E-state index contributed by atoms with van der Waals surface area (Å²) >= 11 is 0. The molecule has 3 aromatic rings. The summed E-state index contributed by atoms with van der Waals surface area (Å²) in [7, 11) is 0. The second-order valence-corrected chi connectivity index (χ2v) is 5.63. The summed E-state index contributed by atoms with van der Waals surface area (Å²) in [5.41, 5.74) is 3.98. The first-order valence-corrected chi connectivity index (χ1v) is 7.44. The lowest BCUT2D eigenvalue weighted by Gasteiger charge is -2.07. The lowest BCUT2D eigenvalue weighted by Crippen LogP contribution is -2.06. The number of esters is 1. The fraction of sp³-hybridized carbons (Fsp3) is 0.158. The average molecular weight is 322 g/mol. The van der Waals surface area contributed by atoms with Crippen molar-refractivity contribution < 1.29 is 13.9 Å². The fourth-order valence-corrected chi connectivity index (χ4v) is 2.57. The summed E-state index contributed by atoms with van der Waals surface area (Å²) in [4.78, 5) is 15.5. The van der Waals surface area contributed by atoms with Gasteiger partial charge in [0, 0.05) is 22.2 Å². The van der Waals surface area contributed by atoms with Crippen molar-refractivity contribution in [2.75, 3.05) is 0 Å². The molecule has 0 aliphatic rings. The minimum Gasteiger partial charge on any atom is -0.457 e. The minimum absolute atomic E-state index is 0.178. The summed E-state index contributed by atoms with van der Waals surface area (Å²) in [5.74, 6) is -1.04. The molecule has 0 aliphatic carbocycles. The number of H-pyrrole nitrogens is 1. The molecule has 0 saturated heterocycles. The summed E-state index contributed by atoms with van der Waals surface area (Å²) in [6.07, 6.45) is 0. The van der Waals surface area contributed by atoms with E-state index in [4.69, 9.17) is 10.00 Å². The summed E-state index contributed by atoms with van der Waals surface area (Å²) in [6.45, 7) is 3.73. The first kappa shape index (κ1) is 15.8. The zero-order valence-corrected chi connectivity index (χ0v) is 13.3. The van der Waals surface area contributed by atoms with Crippen molar-refractivity contribution in [2.24, 2.45) is 0 Å². The van der Waals surface area contributed by atoms with E-state index in [2.05, 4.69) is 4.98 Å². The number of hydrogen-bond acceptors (Lipinski definition) is 3. The molecule has 3 rings (SSSR count). The van der Waals surface area contributed by atoms with Gasteiger partial charge in [0.05, 0.1) is 17.2 Å². The highest BCUT2D eigenvalue weighted by atomic mass is 19.1. The van der Waals surface area contributed by atoms with Crippen LogP contribution in [0.1, 0.15) is 32.7 Å². The molecule has 4 nitrogen and oxygen atoms in total. The number of nitrogens with one attached hydrogen (secondary N) is 1. The molecule has 5 heteroatoms. The van der Waals surface area contributed by atoms with Crippen LogP contribution >= 0.6 is 0 Å². The Balaban J connectivity index is 1.80. The van der Waals surface area contributed by atoms with E-state index in [1.165, 1.54) is 18.2 Å². The number of hydrogen-bond donors (Lipinski definition) is 1. The van der Waals surface area contributed by atoms with Crippen molar-refractivity contribution in [1.82, 2.24) is 4.98 Å². The first-order chi connectivity index (χ1) is 11.5. The molecule has 24 heavy (non-hydrogen) atoms. The quantitative estimate of drug-likeness (QED) is 0.737. The third-order valence-electron chi connectivity index (χ3n) is 4.08. The van der Waals surface area contributed by atoms with Crippen LogP contribution in [0.2, 0.25) is 0 Å². The number of ether oxygens (including phenoxy) is 1. The van der Waals surface area contributed by atoms with Gasteiger partial charge < -0.3 is 9.72 Å². The molecule has 0 aliphatic heterocycles. The Kier molecular flexibility index (Phi) is 4.05. The van der Waals surface area contributed by atoms with E-state index in [-0.39, 0.29) is 12.2 Å². The smallest absolute Gasteiger partial charge is 0.338 e. The summed E-state index contributed by atoms with van der Waals surface area (Å²) in [6, 6.07) is 11.1. The summed E-state index contributed by atoms with van der Waals surface area (Å²) in [5, 5.41) is 9.81. The van der Waals surface area contributed by atoms with Crippen LogP contribution in [0.4, 0.5) is 4.39 Å². The van der Waals surface area contributed by atoms with Crippen LogP contribution in [0.5, 0.6) is 0 Å². The zero-order valence-electron chi connectivity index (χ0n) is 13.3. The van der Waals surface area contributed by atoms with Gasteiger partial charge in [0.25, 0.3) is 0 Å². The van der Waals surface area contributed by atoms with Crippen LogP contribution in [-0.2, 0) is 11.3 Å². The maximum atomic E-state index is 13.7. The van der Waals surface area contributed by atoms with Crippen molar-refractivity contribution in [2.45, 2.75) is 20.5 Å². The van der Waals surface area contributed by atoms with Crippen LogP contribution in [0.15, 0.2) is 36.4 Å². The largest absolute Gasteiger partial charge is 0.457 e. The number of aryl methyl sites for hydroxylation is 2. The maximum absolute atomic E-state index is 13.7. The van der Waals surface area contributed by atoms with Crippen molar-refractivity contribution in [3.8, 4) is 6.07 Å². The van der Waals surface area contributed by atoms with Crippen molar-refractivity contribution in [3.63, 3.8) is 0 Å². The molecule has 0 radical (unpaired) electrons. The predicted molar refractivity (Wildman–Crippen MR) is 88.0 cm³/mol. The third-order valence-corrected chi connectivity index (χ3v) is 4.08. The van der Waals surface area contributed by atoms with E-state index < -0.39 is 11.8 Å². The number of aromatic amines is 1. The summed E-state index contributed by atoms with van der Waals surface area (Å²) < 4.78 is 18.9. The van der Waals surface area contributed by atoms with Gasteiger partial charge in [-0.2, -0.15) is 5.26 Å². The molecule has 120 valence electrons. The molecule has 1 aromatic heterocycles. The molecule has 1 heterocycles. The Morgan fingerprint density at radius 3 is 2.79 bits per heavy atom. The molecule has 2 aromatic carbocycles. The topological polar surface area (TPSA) is 65.9 Å². The second-order valence-electron chi connectivity index (χ2n) is 5.63. The third kappa shape index (κ3) is 2.86. The molecule has 0 bridgehead atoms. The van der Waals surface area contributed by atoms with E-state index in [9.17, 15) is 9.18 Å². The van der Waals surface area contributed by atoms with Gasteiger partial charge in [-0.15, -0.1) is 0 Å². The minimum atomic E-state index is -0.531. The van der Waals surface area contributed by atoms with Crippen molar-refractivity contribution in [3.05, 3.63) is 70.2 Å². The Bertz CT molecular complexity index is 983. The molecule has 0 atom stereocenters. The van der Waals surface area contributed by atoms with Crippen LogP contribution in [0.3, 0.4) is 0 Å². The number of nitriles is 1. The van der Waals surface area contributed by atoms with Gasteiger partial charge in [0.2, 0.25) is 0 Å². The Morgan fingerprint density at radius 2 is 2.04 bits per heavy atom. The van der Waals surface area contributed by atoms with Crippen LogP contribution in [-0.4, -0.2) is 11.0 Å². The highest BCUT2D eigenvalue weighted by molar-refractivity contribution is 5.96. The normalized spacial score (nSPS) is 10.6. The van der Waals surface area contributed by atoms with E-state index in [1.807, 2.05) is 26.0 Å². The number of carbonyl (C=O) groups excluding carboxylic acids is 1. The van der Waals surface area contributed by atoms with Gasteiger partial charge in [-0.25, -0.2) is 9.18 Å². The van der Waals surface area contributed by atoms with Crippen LogP contribution in [0.25, 0.3) is 10.9 Å². The van der Waals surface area contributed by atoms with Gasteiger partial charge in [0.15, 0.2) is 0 Å². The molecule has 0 unspecified atom stereocenters. The number of fused-ring (bicyclic) bond motifs is 1. The molecule has 0 fully saturated rings. The Morgan fingerprint density at radius 1 is 1.25 bits per heavy atom. The van der Waals surface area contributed by atoms with Crippen molar-refractivity contribution in [1.29, 1.82) is 5.26 Å². The second kappa shape index (κ2) is 6.17. The highest BCUT2D eigenvalue weighted by Gasteiger charge is 2.13. The van der Waals surface area contributed by atoms with Gasteiger partial charge in [-0.1, -0.05) is 0 Å². The molecular weight excluding hydrogens is 307 g/mol. The SMILES string of the molecule is Cc1[nH]c2ccc(C(=O)OCc3cc(C#N)ccc3F)cc2c1C. The van der Waals surface area contributed by atoms with Crippen LogP contribution in [0, 0.1) is 31.0 Å². The van der Waals surface area contributed by atoms with Crippen LogP contribution < -0.4 is 0 Å². The van der Waals surface area contributed by atoms with Gasteiger partial charge in [0.1, 0.15) is 12.4 Å². The van der Waals surface area contributed by atoms with E-state index in [0.717, 1.165) is 22.2 Å². The molecular formula is C19H15FN2O2. The maximum Gasteiger partial charge on any atom is 0.338 e. The average Bonchev–Trinajstić information content (AvgIpc) is 2.88. The number of benzene rings is 2. The number of rotatable bonds is 3. The lowest BCUT2D eigenvalue weighted by atomic mass is 10.1. The van der Waals surface area contributed by atoms with Gasteiger partial charge in [-0.05, 0) is 55.8 Å². The lowest BCUT2D eigenvalue weighted by molar-refractivity contribution is 0.0469. The number of carbonyl (C=O) groups is 1. The van der Waals surface area contributed by atoms with Gasteiger partial charge >= 0.3 is 5.97 Å². The first-order valence-electron chi connectivity index (χ1n) is 7.44. The standard InChI is InChI=1S/C19H15FN2O2/c1-11-12(2)22-18-6-4-14(8-16(11)18)19(23)24-10-15-7-13(9-21)3-5-17(15)20/h3-8,22H,10H2,1-2H3. The van der Waals surface area contributed by atoms with Crippen molar-refractivity contribution >= 4 is 16.9 Å². The number of nitrogens with zero attached hydrogens (tertiary/aromatic N) is 1. The monoisotopic (exact) mass is 322 g/mol. The predicted octanol–water partition coefficient (Wildman–Crippen LogP) is 4.15. The van der Waals surface area contributed by atoms with Gasteiger partial charge in [-0.3, -0.25) is 0 Å².